The normalized spacial score (nSPS) is 21.1. The first-order valence-electron chi connectivity index (χ1n) is 7.71. The minimum absolute atomic E-state index is 0.0390. The van der Waals surface area contributed by atoms with Crippen LogP contribution in [0.15, 0.2) is 24.3 Å². The van der Waals surface area contributed by atoms with Crippen molar-refractivity contribution in [2.45, 2.75) is 45.2 Å². The minimum Gasteiger partial charge on any atom is -0.461 e. The Morgan fingerprint density at radius 2 is 1.83 bits per heavy atom. The van der Waals surface area contributed by atoms with Gasteiger partial charge in [-0.25, -0.2) is 4.79 Å². The fraction of sp³-hybridized carbons (Fsp3) is 0.529. The number of hydrogen-bond acceptors (Lipinski definition) is 4. The molecule has 2 rings (SSSR count). The number of thioether (sulfide) groups is 1. The fourth-order valence-corrected chi connectivity index (χ4v) is 4.12. The average Bonchev–Trinajstić information content (AvgIpc) is 2.91. The van der Waals surface area contributed by atoms with Gasteiger partial charge in [0.15, 0.2) is 0 Å². The molecule has 6 heteroatoms. The summed E-state index contributed by atoms with van der Waals surface area (Å²) < 4.78 is 5.33. The van der Waals surface area contributed by atoms with Crippen molar-refractivity contribution < 1.29 is 14.3 Å². The van der Waals surface area contributed by atoms with Crippen LogP contribution in [0.4, 0.5) is 0 Å². The Balaban J connectivity index is 2.28. The smallest absolute Gasteiger partial charge is 0.330 e. The summed E-state index contributed by atoms with van der Waals surface area (Å²) >= 11 is 7.51. The summed E-state index contributed by atoms with van der Waals surface area (Å²) in [6.07, 6.45) is -0.196. The molecule has 1 aromatic carbocycles. The molecule has 1 aliphatic rings. The van der Waals surface area contributed by atoms with Gasteiger partial charge in [-0.1, -0.05) is 25.4 Å². The Bertz CT molecular complexity index is 574. The van der Waals surface area contributed by atoms with Crippen LogP contribution < -0.4 is 0 Å². The third kappa shape index (κ3) is 4.21. The van der Waals surface area contributed by atoms with Crippen LogP contribution in [0, 0.1) is 5.92 Å². The summed E-state index contributed by atoms with van der Waals surface area (Å²) in [7, 11) is 0. The zero-order valence-corrected chi connectivity index (χ0v) is 15.4. The van der Waals surface area contributed by atoms with E-state index in [-0.39, 0.29) is 29.3 Å². The molecular weight excluding hydrogens is 334 g/mol. The van der Waals surface area contributed by atoms with Crippen molar-refractivity contribution in [1.82, 2.24) is 4.90 Å². The van der Waals surface area contributed by atoms with E-state index in [4.69, 9.17) is 16.3 Å². The van der Waals surface area contributed by atoms with E-state index in [0.29, 0.717) is 16.3 Å². The van der Waals surface area contributed by atoms with Crippen LogP contribution in [0.3, 0.4) is 0 Å². The van der Waals surface area contributed by atoms with Crippen LogP contribution in [0.5, 0.6) is 0 Å². The van der Waals surface area contributed by atoms with Crippen molar-refractivity contribution in [3.63, 3.8) is 0 Å². The van der Waals surface area contributed by atoms with E-state index in [1.165, 1.54) is 0 Å². The van der Waals surface area contributed by atoms with Crippen molar-refractivity contribution in [3.05, 3.63) is 34.9 Å². The van der Waals surface area contributed by atoms with Crippen LogP contribution in [0.25, 0.3) is 0 Å². The number of nitrogens with zero attached hydrogens (tertiary/aromatic N) is 1. The molecule has 0 N–H and O–H groups in total. The lowest BCUT2D eigenvalue weighted by Crippen LogP contribution is -2.48. The molecule has 1 aliphatic heterocycles. The van der Waals surface area contributed by atoms with Gasteiger partial charge in [-0.3, -0.25) is 4.79 Å². The molecule has 0 radical (unpaired) electrons. The molecule has 1 amide bonds. The number of amides is 1. The number of ether oxygens (including phenoxy) is 1. The van der Waals surface area contributed by atoms with Gasteiger partial charge in [0.2, 0.25) is 0 Å². The van der Waals surface area contributed by atoms with Crippen molar-refractivity contribution in [2.24, 2.45) is 5.92 Å². The maximum atomic E-state index is 12.9. The molecule has 4 nitrogen and oxygen atoms in total. The summed E-state index contributed by atoms with van der Waals surface area (Å²) in [6.45, 7) is 7.72. The van der Waals surface area contributed by atoms with E-state index in [2.05, 4.69) is 13.8 Å². The van der Waals surface area contributed by atoms with Gasteiger partial charge in [0.25, 0.3) is 5.91 Å². The number of hydrogen-bond donors (Lipinski definition) is 0. The quantitative estimate of drug-likeness (QED) is 0.770. The molecule has 0 aliphatic carbocycles. The van der Waals surface area contributed by atoms with Gasteiger partial charge in [-0.2, -0.15) is 0 Å². The van der Waals surface area contributed by atoms with E-state index >= 15 is 0 Å². The number of carbonyl (C=O) groups excluding carboxylic acids is 2. The summed E-state index contributed by atoms with van der Waals surface area (Å²) in [4.78, 5) is 27.0. The van der Waals surface area contributed by atoms with Gasteiger partial charge >= 0.3 is 5.97 Å². The number of rotatable bonds is 4. The molecule has 0 saturated carbocycles. The third-order valence-corrected chi connectivity index (χ3v) is 5.43. The topological polar surface area (TPSA) is 46.6 Å². The maximum absolute atomic E-state index is 12.9. The Labute approximate surface area is 146 Å². The Hall–Kier alpha value is -1.20. The van der Waals surface area contributed by atoms with Crippen molar-refractivity contribution >= 4 is 35.2 Å². The standard InChI is InChI=1S/C17H22ClNO3S/c1-10(2)16-19(14(9-23-16)17(21)22-11(3)4)15(20)12-5-7-13(18)8-6-12/h5-8,10-11,14,16H,9H2,1-4H3. The first kappa shape index (κ1) is 18.1. The number of halogens is 1. The molecule has 2 atom stereocenters. The minimum atomic E-state index is -0.544. The summed E-state index contributed by atoms with van der Waals surface area (Å²) in [5.41, 5.74) is 0.532. The molecule has 1 aromatic rings. The zero-order chi connectivity index (χ0) is 17.1. The van der Waals surface area contributed by atoms with Crippen molar-refractivity contribution in [2.75, 3.05) is 5.75 Å². The third-order valence-electron chi connectivity index (χ3n) is 3.55. The van der Waals surface area contributed by atoms with E-state index in [1.807, 2.05) is 13.8 Å². The second-order valence-electron chi connectivity index (χ2n) is 6.19. The molecule has 1 fully saturated rings. The second kappa shape index (κ2) is 7.58. The zero-order valence-electron chi connectivity index (χ0n) is 13.8. The molecule has 0 spiro atoms. The lowest BCUT2D eigenvalue weighted by molar-refractivity contribution is -0.152. The SMILES string of the molecule is CC(C)OC(=O)C1CSC(C(C)C)N1C(=O)c1ccc(Cl)cc1. The van der Waals surface area contributed by atoms with Gasteiger partial charge in [-0.05, 0) is 44.0 Å². The maximum Gasteiger partial charge on any atom is 0.330 e. The molecular formula is C17H22ClNO3S. The molecule has 1 heterocycles. The van der Waals surface area contributed by atoms with E-state index in [1.54, 1.807) is 40.9 Å². The summed E-state index contributed by atoms with van der Waals surface area (Å²) in [5.74, 6) is 0.315. The predicted molar refractivity (Wildman–Crippen MR) is 93.7 cm³/mol. The van der Waals surface area contributed by atoms with Gasteiger partial charge < -0.3 is 9.64 Å². The van der Waals surface area contributed by atoms with Gasteiger partial charge in [-0.15, -0.1) is 11.8 Å². The highest BCUT2D eigenvalue weighted by Gasteiger charge is 2.44. The highest BCUT2D eigenvalue weighted by molar-refractivity contribution is 8.00. The van der Waals surface area contributed by atoms with Gasteiger partial charge in [0, 0.05) is 16.3 Å². The second-order valence-corrected chi connectivity index (χ2v) is 7.77. The Kier molecular flexibility index (Phi) is 5.98. The molecule has 2 unspecified atom stereocenters. The van der Waals surface area contributed by atoms with E-state index in [9.17, 15) is 9.59 Å². The monoisotopic (exact) mass is 355 g/mol. The van der Waals surface area contributed by atoms with Crippen molar-refractivity contribution in [3.8, 4) is 0 Å². The first-order valence-corrected chi connectivity index (χ1v) is 9.14. The summed E-state index contributed by atoms with van der Waals surface area (Å²) in [5, 5.41) is 0.538. The predicted octanol–water partition coefficient (Wildman–Crippen LogP) is 3.83. The molecule has 126 valence electrons. The number of benzene rings is 1. The van der Waals surface area contributed by atoms with Gasteiger partial charge in [0.1, 0.15) is 6.04 Å². The highest BCUT2D eigenvalue weighted by atomic mass is 35.5. The fourth-order valence-electron chi connectivity index (χ4n) is 2.53. The Morgan fingerprint density at radius 3 is 2.35 bits per heavy atom. The molecule has 1 saturated heterocycles. The largest absolute Gasteiger partial charge is 0.461 e. The lowest BCUT2D eigenvalue weighted by atomic mass is 10.1. The van der Waals surface area contributed by atoms with Crippen LogP contribution in [0.1, 0.15) is 38.1 Å². The van der Waals surface area contributed by atoms with E-state index in [0.717, 1.165) is 0 Å². The lowest BCUT2D eigenvalue weighted by Gasteiger charge is -2.31. The summed E-state index contributed by atoms with van der Waals surface area (Å²) in [6, 6.07) is 6.21. The molecule has 0 aromatic heterocycles. The van der Waals surface area contributed by atoms with Crippen LogP contribution in [-0.2, 0) is 9.53 Å². The van der Waals surface area contributed by atoms with Crippen molar-refractivity contribution in [1.29, 1.82) is 0 Å². The van der Waals surface area contributed by atoms with Crippen LogP contribution in [0.2, 0.25) is 5.02 Å². The first-order chi connectivity index (χ1) is 10.8. The van der Waals surface area contributed by atoms with Gasteiger partial charge in [0.05, 0.1) is 11.5 Å². The highest BCUT2D eigenvalue weighted by Crippen LogP contribution is 2.35. The average molecular weight is 356 g/mol. The van der Waals surface area contributed by atoms with Crippen LogP contribution in [-0.4, -0.2) is 40.0 Å². The van der Waals surface area contributed by atoms with Crippen LogP contribution >= 0.6 is 23.4 Å². The molecule has 0 bridgehead atoms. The van der Waals surface area contributed by atoms with E-state index < -0.39 is 6.04 Å². The number of esters is 1. The Morgan fingerprint density at radius 1 is 1.22 bits per heavy atom. The number of carbonyl (C=O) groups is 2. The molecule has 23 heavy (non-hydrogen) atoms.